The van der Waals surface area contributed by atoms with Crippen LogP contribution in [0.3, 0.4) is 0 Å². The quantitative estimate of drug-likeness (QED) is 0.209. The fourth-order valence-electron chi connectivity index (χ4n) is 3.94. The van der Waals surface area contributed by atoms with E-state index in [0.29, 0.717) is 18.0 Å². The second kappa shape index (κ2) is 10.7. The van der Waals surface area contributed by atoms with Crippen molar-refractivity contribution in [1.82, 2.24) is 9.29 Å². The van der Waals surface area contributed by atoms with Crippen molar-refractivity contribution >= 4 is 75.5 Å². The minimum absolute atomic E-state index is 0.405. The van der Waals surface area contributed by atoms with Gasteiger partial charge >= 0.3 is 6.09 Å². The van der Waals surface area contributed by atoms with Crippen LogP contribution in [0.25, 0.3) is 21.8 Å². The molecule has 34 heavy (non-hydrogen) atoms. The smallest absolute Gasteiger partial charge is 0.407 e. The number of fused-ring (bicyclic) bond motifs is 3. The van der Waals surface area contributed by atoms with E-state index in [4.69, 9.17) is 16.3 Å². The molecule has 0 unspecified atom stereocenters. The first-order chi connectivity index (χ1) is 16.2. The Morgan fingerprint density at radius 1 is 1.09 bits per heavy atom. The molecule has 4 rings (SSSR count). The third-order valence-electron chi connectivity index (χ3n) is 5.33. The Balaban J connectivity index is 1.70. The second-order valence-electron chi connectivity index (χ2n) is 9.07. The fraction of sp³-hybridized carbons (Fsp3) is 0.269. The van der Waals surface area contributed by atoms with E-state index in [1.807, 2.05) is 51.1 Å². The number of carbonyl (C=O) groups excluding carboxylic acids is 1. The van der Waals surface area contributed by atoms with E-state index in [-0.39, 0.29) is 0 Å². The summed E-state index contributed by atoms with van der Waals surface area (Å²) in [4.78, 5) is 12.2. The van der Waals surface area contributed by atoms with Gasteiger partial charge < -0.3 is 15.4 Å². The highest BCUT2D eigenvalue weighted by Gasteiger charge is 2.18. The molecule has 1 amide bonds. The Morgan fingerprint density at radius 3 is 2.56 bits per heavy atom. The molecule has 0 atom stereocenters. The number of benzene rings is 3. The number of nitrogens with zero attached hydrogens (tertiary/aromatic N) is 1. The molecule has 0 bridgehead atoms. The number of rotatable bonds is 7. The summed E-state index contributed by atoms with van der Waals surface area (Å²) in [6, 6.07) is 20.7. The van der Waals surface area contributed by atoms with Gasteiger partial charge in [-0.2, -0.15) is 0 Å². The molecule has 0 aliphatic carbocycles. The third-order valence-corrected chi connectivity index (χ3v) is 7.26. The summed E-state index contributed by atoms with van der Waals surface area (Å²) >= 11 is 8.68. The summed E-state index contributed by atoms with van der Waals surface area (Å²) in [5.41, 5.74) is 5.10. The number of carbonyl (C=O) groups is 1. The summed E-state index contributed by atoms with van der Waals surface area (Å²) in [7, 11) is 1.63. The number of alkyl carbamates (subject to hydrolysis) is 1. The van der Waals surface area contributed by atoms with E-state index < -0.39 is 11.7 Å². The Kier molecular flexibility index (Phi) is 7.84. The van der Waals surface area contributed by atoms with Crippen LogP contribution < -0.4 is 10.6 Å². The Hall–Kier alpha value is -2.10. The van der Waals surface area contributed by atoms with Gasteiger partial charge in [0, 0.05) is 64.9 Å². The largest absolute Gasteiger partial charge is 0.444 e. The number of aromatic nitrogens is 1. The van der Waals surface area contributed by atoms with Crippen molar-refractivity contribution in [1.29, 1.82) is 0 Å². The van der Waals surface area contributed by atoms with Crippen LogP contribution in [0.4, 0.5) is 10.5 Å². The van der Waals surface area contributed by atoms with Crippen LogP contribution in [0.5, 0.6) is 0 Å². The number of amides is 1. The molecule has 178 valence electrons. The molecule has 0 radical (unpaired) electrons. The van der Waals surface area contributed by atoms with E-state index >= 15 is 0 Å². The molecule has 1 heterocycles. The van der Waals surface area contributed by atoms with Crippen LogP contribution in [0.2, 0.25) is 5.02 Å². The number of ether oxygens (including phenoxy) is 1. The zero-order valence-corrected chi connectivity index (χ0v) is 23.1. The third kappa shape index (κ3) is 5.93. The SMILES string of the molecule is CC(C)(C)OC(=O)NCCc1cc(NCc2ccccc2)cc2c3cc(Cl)ccc3n(SI)c12. The van der Waals surface area contributed by atoms with Crippen LogP contribution in [0, 0.1) is 0 Å². The van der Waals surface area contributed by atoms with E-state index in [0.717, 1.165) is 39.6 Å². The maximum Gasteiger partial charge on any atom is 0.407 e. The maximum atomic E-state index is 12.2. The van der Waals surface area contributed by atoms with Gasteiger partial charge in [0.05, 0.1) is 11.0 Å². The van der Waals surface area contributed by atoms with E-state index in [2.05, 4.69) is 66.1 Å². The van der Waals surface area contributed by atoms with Crippen molar-refractivity contribution in [3.63, 3.8) is 0 Å². The van der Waals surface area contributed by atoms with Crippen molar-refractivity contribution in [3.05, 3.63) is 76.8 Å². The van der Waals surface area contributed by atoms with Gasteiger partial charge in [-0.05, 0) is 68.7 Å². The van der Waals surface area contributed by atoms with Gasteiger partial charge in [-0.3, -0.25) is 3.97 Å². The summed E-state index contributed by atoms with van der Waals surface area (Å²) in [6.45, 7) is 6.78. The predicted octanol–water partition coefficient (Wildman–Crippen LogP) is 7.97. The van der Waals surface area contributed by atoms with E-state index in [1.165, 1.54) is 5.56 Å². The lowest BCUT2D eigenvalue weighted by atomic mass is 10.0. The van der Waals surface area contributed by atoms with Crippen molar-refractivity contribution < 1.29 is 9.53 Å². The lowest BCUT2D eigenvalue weighted by Gasteiger charge is -2.19. The van der Waals surface area contributed by atoms with E-state index in [9.17, 15) is 4.79 Å². The van der Waals surface area contributed by atoms with Gasteiger partial charge in [0.15, 0.2) is 0 Å². The lowest BCUT2D eigenvalue weighted by molar-refractivity contribution is 0.0528. The number of hydrogen-bond donors (Lipinski definition) is 2. The molecule has 0 aliphatic heterocycles. The highest BCUT2D eigenvalue weighted by Crippen LogP contribution is 2.39. The van der Waals surface area contributed by atoms with Gasteiger partial charge in [0.1, 0.15) is 5.60 Å². The fourth-order valence-corrected chi connectivity index (χ4v) is 5.86. The highest BCUT2D eigenvalue weighted by atomic mass is 127. The first-order valence-corrected chi connectivity index (χ1v) is 14.7. The van der Waals surface area contributed by atoms with Crippen LogP contribution >= 0.6 is 41.9 Å². The standard InChI is InChI=1S/C26H27ClIN3O2S/c1-26(2,3)33-25(32)29-12-11-18-13-20(30-16-17-7-5-4-6-8-17)15-22-21-14-19(27)9-10-23(21)31(34-28)24(18)22/h4-10,13-15,30H,11-12,16H2,1-3H3,(H,29,32). The summed E-state index contributed by atoms with van der Waals surface area (Å²) in [6.07, 6.45) is 0.260. The van der Waals surface area contributed by atoms with Gasteiger partial charge in [-0.1, -0.05) is 41.9 Å². The molecular weight excluding hydrogens is 581 g/mol. The summed E-state index contributed by atoms with van der Waals surface area (Å²) in [5, 5.41) is 9.41. The molecule has 2 N–H and O–H groups in total. The molecule has 4 aromatic rings. The topological polar surface area (TPSA) is 55.3 Å². The Morgan fingerprint density at radius 2 is 1.85 bits per heavy atom. The summed E-state index contributed by atoms with van der Waals surface area (Å²) in [5.74, 6) is 0. The number of anilines is 1. The normalized spacial score (nSPS) is 11.7. The number of hydrogen-bond acceptors (Lipinski definition) is 4. The summed E-state index contributed by atoms with van der Waals surface area (Å²) < 4.78 is 7.62. The van der Waals surface area contributed by atoms with Gasteiger partial charge in [-0.15, -0.1) is 0 Å². The zero-order valence-electron chi connectivity index (χ0n) is 19.3. The van der Waals surface area contributed by atoms with Crippen LogP contribution in [-0.2, 0) is 17.7 Å². The van der Waals surface area contributed by atoms with Gasteiger partial charge in [-0.25, -0.2) is 4.79 Å². The van der Waals surface area contributed by atoms with Crippen LogP contribution in [0.1, 0.15) is 31.9 Å². The zero-order chi connectivity index (χ0) is 24.3. The highest BCUT2D eigenvalue weighted by molar-refractivity contribution is 14.2. The first kappa shape index (κ1) is 25.0. The average Bonchev–Trinajstić information content (AvgIpc) is 3.10. The molecule has 0 fully saturated rings. The minimum atomic E-state index is -0.526. The van der Waals surface area contributed by atoms with Crippen LogP contribution in [0.15, 0.2) is 60.7 Å². The molecule has 0 spiro atoms. The number of halogens is 2. The Bertz CT molecular complexity index is 1320. The molecule has 1 aromatic heterocycles. The van der Waals surface area contributed by atoms with Gasteiger partial charge in [0.25, 0.3) is 0 Å². The van der Waals surface area contributed by atoms with E-state index in [1.54, 1.807) is 9.12 Å². The first-order valence-electron chi connectivity index (χ1n) is 11.1. The molecule has 8 heteroatoms. The van der Waals surface area contributed by atoms with Crippen molar-refractivity contribution in [3.8, 4) is 0 Å². The molecule has 3 aromatic carbocycles. The average molecular weight is 608 g/mol. The minimum Gasteiger partial charge on any atom is -0.444 e. The predicted molar refractivity (Wildman–Crippen MR) is 153 cm³/mol. The molecule has 0 saturated carbocycles. The van der Waals surface area contributed by atoms with Gasteiger partial charge in [0.2, 0.25) is 0 Å². The molecular formula is C26H27ClIN3O2S. The van der Waals surface area contributed by atoms with Crippen LogP contribution in [-0.4, -0.2) is 22.2 Å². The monoisotopic (exact) mass is 607 g/mol. The van der Waals surface area contributed by atoms with Crippen molar-refractivity contribution in [2.75, 3.05) is 11.9 Å². The van der Waals surface area contributed by atoms with Crippen molar-refractivity contribution in [2.24, 2.45) is 0 Å². The molecule has 0 aliphatic rings. The lowest BCUT2D eigenvalue weighted by Crippen LogP contribution is -2.33. The van der Waals surface area contributed by atoms with Crippen molar-refractivity contribution in [2.45, 2.75) is 39.3 Å². The Labute approximate surface area is 221 Å². The number of nitrogens with one attached hydrogen (secondary N) is 2. The maximum absolute atomic E-state index is 12.2. The molecule has 5 nitrogen and oxygen atoms in total. The second-order valence-corrected chi connectivity index (χ2v) is 11.2. The molecule has 0 saturated heterocycles.